The zero-order chi connectivity index (χ0) is 25.1. The summed E-state index contributed by atoms with van der Waals surface area (Å²) in [6.07, 6.45) is 0.259. The monoisotopic (exact) mass is 481 g/mol. The van der Waals surface area contributed by atoms with E-state index >= 15 is 0 Å². The van der Waals surface area contributed by atoms with Crippen molar-refractivity contribution in [2.45, 2.75) is 25.9 Å². The molecule has 0 fully saturated rings. The lowest BCUT2D eigenvalue weighted by molar-refractivity contribution is -0.136. The van der Waals surface area contributed by atoms with Crippen molar-refractivity contribution in [3.05, 3.63) is 107 Å². The molecule has 4 aromatic rings. The molecule has 182 valence electrons. The first-order valence-corrected chi connectivity index (χ1v) is 11.8. The molecule has 7 nitrogen and oxygen atoms in total. The maximum atomic E-state index is 13.2. The molecule has 2 N–H and O–H groups in total. The number of amides is 1. The SMILES string of the molecule is COc1ccc(-c2ccc(CCC(=O)O)n2NC(=O)c2ccc(N3Cc4ccccc4C3)cc2)cc1. The van der Waals surface area contributed by atoms with Crippen LogP contribution in [0.2, 0.25) is 0 Å². The van der Waals surface area contributed by atoms with E-state index in [4.69, 9.17) is 9.84 Å². The van der Waals surface area contributed by atoms with Gasteiger partial charge in [-0.3, -0.25) is 19.7 Å². The molecular formula is C29H27N3O4. The van der Waals surface area contributed by atoms with Crippen LogP contribution in [0.25, 0.3) is 11.3 Å². The van der Waals surface area contributed by atoms with Crippen LogP contribution in [0.1, 0.15) is 33.6 Å². The van der Waals surface area contributed by atoms with Gasteiger partial charge in [-0.15, -0.1) is 0 Å². The molecule has 3 aromatic carbocycles. The molecule has 36 heavy (non-hydrogen) atoms. The summed E-state index contributed by atoms with van der Waals surface area (Å²) >= 11 is 0. The van der Waals surface area contributed by atoms with Gasteiger partial charge in [0, 0.05) is 42.0 Å². The van der Waals surface area contributed by atoms with Crippen LogP contribution in [0.5, 0.6) is 5.75 Å². The van der Waals surface area contributed by atoms with Gasteiger partial charge in [-0.1, -0.05) is 24.3 Å². The van der Waals surface area contributed by atoms with Crippen LogP contribution < -0.4 is 15.1 Å². The van der Waals surface area contributed by atoms with Crippen LogP contribution in [0.15, 0.2) is 84.9 Å². The van der Waals surface area contributed by atoms with Gasteiger partial charge in [0.1, 0.15) is 5.75 Å². The number of carbonyl (C=O) groups is 2. The van der Waals surface area contributed by atoms with Crippen LogP contribution in [0, 0.1) is 0 Å². The number of rotatable bonds is 8. The third-order valence-corrected chi connectivity index (χ3v) is 6.49. The van der Waals surface area contributed by atoms with Crippen LogP contribution in [-0.4, -0.2) is 28.8 Å². The number of nitrogens with one attached hydrogen (secondary N) is 1. The van der Waals surface area contributed by atoms with E-state index < -0.39 is 5.97 Å². The number of carboxylic acid groups (broad SMARTS) is 1. The topological polar surface area (TPSA) is 83.8 Å². The van der Waals surface area contributed by atoms with Gasteiger partial charge in [-0.2, -0.15) is 0 Å². The molecule has 0 saturated heterocycles. The molecule has 1 aliphatic rings. The van der Waals surface area contributed by atoms with Crippen LogP contribution >= 0.6 is 0 Å². The molecule has 1 aromatic heterocycles. The Kier molecular flexibility index (Phi) is 6.45. The number of nitrogens with zero attached hydrogens (tertiary/aromatic N) is 2. The second kappa shape index (κ2) is 10.00. The van der Waals surface area contributed by atoms with Crippen molar-refractivity contribution in [1.29, 1.82) is 0 Å². The highest BCUT2D eigenvalue weighted by Crippen LogP contribution is 2.29. The van der Waals surface area contributed by atoms with Gasteiger partial charge in [0.25, 0.3) is 5.91 Å². The van der Waals surface area contributed by atoms with E-state index in [2.05, 4.69) is 34.6 Å². The first kappa shape index (κ1) is 23.2. The smallest absolute Gasteiger partial charge is 0.303 e. The maximum Gasteiger partial charge on any atom is 0.303 e. The summed E-state index contributed by atoms with van der Waals surface area (Å²) < 4.78 is 6.93. The normalized spacial score (nSPS) is 12.3. The number of aryl methyl sites for hydroxylation is 1. The second-order valence-corrected chi connectivity index (χ2v) is 8.78. The van der Waals surface area contributed by atoms with E-state index in [0.29, 0.717) is 17.7 Å². The number of aromatic nitrogens is 1. The van der Waals surface area contributed by atoms with Gasteiger partial charge >= 0.3 is 5.97 Å². The molecule has 1 amide bonds. The van der Waals surface area contributed by atoms with E-state index in [0.717, 1.165) is 35.8 Å². The fourth-order valence-electron chi connectivity index (χ4n) is 4.53. The number of aliphatic carboxylic acids is 1. The van der Waals surface area contributed by atoms with Crippen molar-refractivity contribution < 1.29 is 19.4 Å². The van der Waals surface area contributed by atoms with E-state index in [9.17, 15) is 9.59 Å². The predicted octanol–water partition coefficient (Wildman–Crippen LogP) is 5.09. The molecule has 7 heteroatoms. The number of anilines is 1. The van der Waals surface area contributed by atoms with E-state index in [-0.39, 0.29) is 12.3 Å². The second-order valence-electron chi connectivity index (χ2n) is 8.78. The number of carboxylic acids is 1. The highest BCUT2D eigenvalue weighted by Gasteiger charge is 2.19. The molecule has 1 aliphatic heterocycles. The summed E-state index contributed by atoms with van der Waals surface area (Å²) in [4.78, 5) is 26.7. The molecule has 0 radical (unpaired) electrons. The average molecular weight is 482 g/mol. The van der Waals surface area contributed by atoms with Crippen molar-refractivity contribution in [2.75, 3.05) is 17.4 Å². The first-order chi connectivity index (χ1) is 17.5. The summed E-state index contributed by atoms with van der Waals surface area (Å²) in [7, 11) is 1.61. The minimum absolute atomic E-state index is 0.0329. The van der Waals surface area contributed by atoms with Crippen molar-refractivity contribution in [3.63, 3.8) is 0 Å². The Morgan fingerprint density at radius 3 is 2.17 bits per heavy atom. The van der Waals surface area contributed by atoms with Gasteiger partial charge in [0.15, 0.2) is 0 Å². The Balaban J connectivity index is 1.36. The molecular weight excluding hydrogens is 454 g/mol. The lowest BCUT2D eigenvalue weighted by atomic mass is 10.1. The highest BCUT2D eigenvalue weighted by molar-refractivity contribution is 6.00. The Morgan fingerprint density at radius 2 is 1.56 bits per heavy atom. The van der Waals surface area contributed by atoms with Crippen LogP contribution in [0.3, 0.4) is 0 Å². The molecule has 5 rings (SSSR count). The predicted molar refractivity (Wildman–Crippen MR) is 139 cm³/mol. The van der Waals surface area contributed by atoms with Crippen LogP contribution in [-0.2, 0) is 24.3 Å². The number of methoxy groups -OCH3 is 1. The summed E-state index contributed by atoms with van der Waals surface area (Å²) in [6.45, 7) is 1.70. The van der Waals surface area contributed by atoms with E-state index in [1.54, 1.807) is 11.8 Å². The summed E-state index contributed by atoms with van der Waals surface area (Å²) in [6, 6.07) is 27.2. The van der Waals surface area contributed by atoms with Gasteiger partial charge in [0.2, 0.25) is 0 Å². The summed E-state index contributed by atoms with van der Waals surface area (Å²) in [5.41, 5.74) is 9.55. The number of fused-ring (bicyclic) bond motifs is 1. The molecule has 2 heterocycles. The third-order valence-electron chi connectivity index (χ3n) is 6.49. The summed E-state index contributed by atoms with van der Waals surface area (Å²) in [5.74, 6) is -0.429. The van der Waals surface area contributed by atoms with Crippen molar-refractivity contribution >= 4 is 17.6 Å². The molecule has 0 aliphatic carbocycles. The Hall–Kier alpha value is -4.52. The molecule has 0 saturated carbocycles. The van der Waals surface area contributed by atoms with E-state index in [1.807, 2.05) is 60.7 Å². The zero-order valence-corrected chi connectivity index (χ0v) is 20.0. The number of ether oxygens (including phenoxy) is 1. The Bertz CT molecular complexity index is 1370. The van der Waals surface area contributed by atoms with Crippen molar-refractivity contribution in [2.24, 2.45) is 0 Å². The molecule has 0 bridgehead atoms. The standard InChI is InChI=1S/C29H27N3O4/c1-36-26-14-8-20(9-15-26)27-16-12-25(13-17-28(33)34)32(27)30-29(35)21-6-10-24(11-7-21)31-18-22-4-2-3-5-23(22)19-31/h2-12,14-16H,13,17-19H2,1H3,(H,30,35)(H,33,34). The number of carbonyl (C=O) groups excluding carboxylic acids is 1. The maximum absolute atomic E-state index is 13.2. The Morgan fingerprint density at radius 1 is 0.889 bits per heavy atom. The average Bonchev–Trinajstić information content (AvgIpc) is 3.52. The van der Waals surface area contributed by atoms with Gasteiger partial charge in [-0.25, -0.2) is 0 Å². The molecule has 0 spiro atoms. The largest absolute Gasteiger partial charge is 0.497 e. The number of benzene rings is 3. The third kappa shape index (κ3) is 4.81. The lowest BCUT2D eigenvalue weighted by Gasteiger charge is -2.18. The zero-order valence-electron chi connectivity index (χ0n) is 20.0. The fourth-order valence-corrected chi connectivity index (χ4v) is 4.53. The quantitative estimate of drug-likeness (QED) is 0.367. The molecule has 0 unspecified atom stereocenters. The van der Waals surface area contributed by atoms with Gasteiger partial charge in [-0.05, 0) is 71.8 Å². The summed E-state index contributed by atoms with van der Waals surface area (Å²) in [5, 5.41) is 9.17. The fraction of sp³-hybridized carbons (Fsp3) is 0.172. The number of hydrogen-bond acceptors (Lipinski definition) is 4. The minimum Gasteiger partial charge on any atom is -0.497 e. The number of hydrogen-bond donors (Lipinski definition) is 2. The van der Waals surface area contributed by atoms with Crippen molar-refractivity contribution in [1.82, 2.24) is 4.68 Å². The molecule has 0 atom stereocenters. The van der Waals surface area contributed by atoms with E-state index in [1.165, 1.54) is 11.1 Å². The first-order valence-electron chi connectivity index (χ1n) is 11.8. The lowest BCUT2D eigenvalue weighted by Crippen LogP contribution is -2.25. The van der Waals surface area contributed by atoms with Crippen LogP contribution in [0.4, 0.5) is 5.69 Å². The Labute approximate surface area is 209 Å². The highest BCUT2D eigenvalue weighted by atomic mass is 16.5. The van der Waals surface area contributed by atoms with Gasteiger partial charge < -0.3 is 14.7 Å². The van der Waals surface area contributed by atoms with Gasteiger partial charge in [0.05, 0.1) is 19.2 Å². The minimum atomic E-state index is -0.889. The van der Waals surface area contributed by atoms with Crippen molar-refractivity contribution in [3.8, 4) is 17.0 Å².